The first-order chi connectivity index (χ1) is 27.7. The van der Waals surface area contributed by atoms with Gasteiger partial charge >= 0.3 is 5.97 Å². The molecule has 0 bridgehead atoms. The number of non-ortho nitro benzene ring substituents is 1. The molecule has 17 heteroatoms. The molecule has 4 rings (SSSR count). The van der Waals surface area contributed by atoms with Gasteiger partial charge in [0.2, 0.25) is 0 Å². The smallest absolute Gasteiger partial charge is 0.311 e. The highest BCUT2D eigenvalue weighted by atomic mass is 16.7. The first kappa shape index (κ1) is 48.2. The third-order valence-corrected chi connectivity index (χ3v) is 12.7. The van der Waals surface area contributed by atoms with Gasteiger partial charge in [-0.15, -0.1) is 5.10 Å². The number of benzene rings is 1. The quantitative estimate of drug-likeness (QED) is 0.149. The summed E-state index contributed by atoms with van der Waals surface area (Å²) in [4.78, 5) is 40.3. The number of rotatable bonds is 13. The van der Waals surface area contributed by atoms with E-state index in [1.165, 1.54) is 33.3 Å². The van der Waals surface area contributed by atoms with Gasteiger partial charge in [0.05, 0.1) is 53.1 Å². The second-order valence-electron chi connectivity index (χ2n) is 17.2. The largest absolute Gasteiger partial charge is 0.459 e. The number of hydrogen-bond donors (Lipinski definition) is 3. The minimum Gasteiger partial charge on any atom is -0.459 e. The number of aromatic nitrogens is 3. The number of hydrogen-bond acceptors (Lipinski definition) is 15. The van der Waals surface area contributed by atoms with Crippen molar-refractivity contribution in [2.75, 3.05) is 27.8 Å². The van der Waals surface area contributed by atoms with Gasteiger partial charge in [-0.25, -0.2) is 4.68 Å². The molecule has 2 aliphatic heterocycles. The van der Waals surface area contributed by atoms with Crippen LogP contribution in [0.4, 0.5) is 5.69 Å². The predicted octanol–water partition coefficient (Wildman–Crippen LogP) is 3.72. The van der Waals surface area contributed by atoms with Crippen LogP contribution in [0.25, 0.3) is 0 Å². The van der Waals surface area contributed by atoms with E-state index in [1.54, 1.807) is 44.5 Å². The maximum Gasteiger partial charge on any atom is 0.311 e. The molecule has 332 valence electrons. The molecule has 1 aromatic carbocycles. The number of carbonyl (C=O) groups is 2. The third-order valence-electron chi connectivity index (χ3n) is 12.7. The number of nitrogens with zero attached hydrogens (tertiary/aromatic N) is 5. The maximum absolute atomic E-state index is 13.9. The van der Waals surface area contributed by atoms with Crippen LogP contribution in [0.2, 0.25) is 0 Å². The molecule has 3 N–H and O–H groups in total. The lowest BCUT2D eigenvalue weighted by Gasteiger charge is -2.48. The van der Waals surface area contributed by atoms with E-state index in [1.807, 2.05) is 34.0 Å². The summed E-state index contributed by atoms with van der Waals surface area (Å²) < 4.78 is 32.9. The predicted molar refractivity (Wildman–Crippen MR) is 216 cm³/mol. The normalized spacial score (nSPS) is 36.6. The molecule has 0 aliphatic carbocycles. The Hall–Kier alpha value is -3.42. The highest BCUT2D eigenvalue weighted by Crippen LogP contribution is 2.40. The standard InChI is InChI=1S/C42H67N5O12/c1-12-33-42(8,52)37(50)26(4)34(48)24(2)21-41(7,56-11)38(27(5)36(55-10)28(6)39(51)58-33)59-40-35(49)32(20-25(3)57-40)45(9)19-13-14-30-23-46(44-43-30)22-29-15-17-31(18-16-29)47(53)54/h15-18,23-28,32-33,35-38,40,49-50,52H,12-14,19-22H2,1-11H3/t24-,25-,26+,27+,28-,32+,33-,35-,36+,37-,38-,40+,41-,42-/m1/s1. The molecule has 0 radical (unpaired) electrons. The number of nitro benzene ring substituents is 1. The molecule has 3 heterocycles. The lowest BCUT2D eigenvalue weighted by molar-refractivity contribution is -0.384. The van der Waals surface area contributed by atoms with Gasteiger partial charge in [0.1, 0.15) is 23.6 Å². The number of aliphatic hydroxyl groups excluding tert-OH is 2. The molecular formula is C42H67N5O12. The zero-order chi connectivity index (χ0) is 44.0. The van der Waals surface area contributed by atoms with Gasteiger partial charge < -0.3 is 43.9 Å². The van der Waals surface area contributed by atoms with Gasteiger partial charge in [-0.05, 0) is 79.0 Å². The minimum atomic E-state index is -1.92. The van der Waals surface area contributed by atoms with Crippen molar-refractivity contribution in [2.24, 2.45) is 23.7 Å². The van der Waals surface area contributed by atoms with Gasteiger partial charge in [0.25, 0.3) is 5.69 Å². The lowest BCUT2D eigenvalue weighted by atomic mass is 9.74. The summed E-state index contributed by atoms with van der Waals surface area (Å²) in [7, 11) is 4.94. The number of methoxy groups -OCH3 is 2. The monoisotopic (exact) mass is 833 g/mol. The molecule has 14 atom stereocenters. The Kier molecular flexibility index (Phi) is 16.7. The van der Waals surface area contributed by atoms with Crippen molar-refractivity contribution in [3.63, 3.8) is 0 Å². The Morgan fingerprint density at radius 1 is 1.07 bits per heavy atom. The van der Waals surface area contributed by atoms with Crippen LogP contribution in [-0.2, 0) is 46.2 Å². The number of likely N-dealkylation sites (N-methyl/N-ethyl adjacent to an activating group) is 1. The highest BCUT2D eigenvalue weighted by Gasteiger charge is 2.52. The van der Waals surface area contributed by atoms with Gasteiger partial charge in [0, 0.05) is 56.3 Å². The van der Waals surface area contributed by atoms with Gasteiger partial charge in [0.15, 0.2) is 6.29 Å². The number of aryl methyl sites for hydroxylation is 1. The molecule has 2 saturated heterocycles. The average molecular weight is 834 g/mol. The van der Waals surface area contributed by atoms with E-state index >= 15 is 0 Å². The van der Waals surface area contributed by atoms with E-state index in [-0.39, 0.29) is 36.5 Å². The number of aliphatic hydroxyl groups is 3. The minimum absolute atomic E-state index is 0.0263. The van der Waals surface area contributed by atoms with E-state index in [0.29, 0.717) is 25.9 Å². The second-order valence-corrected chi connectivity index (χ2v) is 17.2. The van der Waals surface area contributed by atoms with Crippen LogP contribution in [0, 0.1) is 33.8 Å². The van der Waals surface area contributed by atoms with Crippen molar-refractivity contribution in [2.45, 2.75) is 154 Å². The zero-order valence-electron chi connectivity index (χ0n) is 36.5. The highest BCUT2D eigenvalue weighted by molar-refractivity contribution is 5.83. The van der Waals surface area contributed by atoms with Gasteiger partial charge in [-0.1, -0.05) is 45.0 Å². The van der Waals surface area contributed by atoms with Crippen LogP contribution < -0.4 is 0 Å². The Morgan fingerprint density at radius 2 is 1.73 bits per heavy atom. The fourth-order valence-corrected chi connectivity index (χ4v) is 9.03. The van der Waals surface area contributed by atoms with Crippen LogP contribution in [0.1, 0.15) is 92.3 Å². The Labute approximate surface area is 347 Å². The first-order valence-electron chi connectivity index (χ1n) is 20.7. The number of nitro groups is 1. The van der Waals surface area contributed by atoms with E-state index in [4.69, 9.17) is 23.7 Å². The molecule has 2 aromatic rings. The van der Waals surface area contributed by atoms with Crippen molar-refractivity contribution < 1.29 is 53.5 Å². The van der Waals surface area contributed by atoms with Crippen molar-refractivity contribution >= 4 is 17.4 Å². The van der Waals surface area contributed by atoms with Crippen molar-refractivity contribution in [1.29, 1.82) is 0 Å². The van der Waals surface area contributed by atoms with Gasteiger partial charge in [-0.3, -0.25) is 19.7 Å². The molecule has 59 heavy (non-hydrogen) atoms. The summed E-state index contributed by atoms with van der Waals surface area (Å²) in [5.41, 5.74) is -1.43. The van der Waals surface area contributed by atoms with E-state index < -0.39 is 82.6 Å². The van der Waals surface area contributed by atoms with Crippen LogP contribution in [-0.4, -0.2) is 140 Å². The van der Waals surface area contributed by atoms with Crippen molar-refractivity contribution in [3.05, 3.63) is 51.8 Å². The number of Topliss-reactive ketones (excluding diaryl/α,β-unsaturated/α-hetero) is 1. The molecule has 2 aliphatic rings. The molecule has 17 nitrogen and oxygen atoms in total. The first-order valence-corrected chi connectivity index (χ1v) is 20.7. The molecule has 0 unspecified atom stereocenters. The number of ketones is 1. The molecule has 0 saturated carbocycles. The van der Waals surface area contributed by atoms with Crippen LogP contribution in [0.15, 0.2) is 30.5 Å². The van der Waals surface area contributed by atoms with Crippen LogP contribution in [0.5, 0.6) is 0 Å². The number of esters is 1. The van der Waals surface area contributed by atoms with Crippen molar-refractivity contribution in [1.82, 2.24) is 19.9 Å². The Bertz CT molecular complexity index is 1690. The summed E-state index contributed by atoms with van der Waals surface area (Å²) in [6.07, 6.45) is -2.76. The fraction of sp³-hybridized carbons (Fsp3) is 0.762. The lowest BCUT2D eigenvalue weighted by Crippen LogP contribution is -2.60. The van der Waals surface area contributed by atoms with Gasteiger partial charge in [-0.2, -0.15) is 0 Å². The Morgan fingerprint density at radius 3 is 2.32 bits per heavy atom. The zero-order valence-corrected chi connectivity index (χ0v) is 36.5. The topological polar surface area (TPSA) is 218 Å². The van der Waals surface area contributed by atoms with E-state index in [2.05, 4.69) is 15.2 Å². The molecule has 0 amide bonds. The summed E-state index contributed by atoms with van der Waals surface area (Å²) in [5.74, 6) is -4.07. The second kappa shape index (κ2) is 20.4. The summed E-state index contributed by atoms with van der Waals surface area (Å²) >= 11 is 0. The van der Waals surface area contributed by atoms with E-state index in [9.17, 15) is 35.0 Å². The van der Waals surface area contributed by atoms with Crippen LogP contribution >= 0.6 is 0 Å². The molecular weight excluding hydrogens is 766 g/mol. The summed E-state index contributed by atoms with van der Waals surface area (Å²) in [6.45, 7) is 14.7. The van der Waals surface area contributed by atoms with E-state index in [0.717, 1.165) is 17.7 Å². The number of ether oxygens (including phenoxy) is 5. The number of carbonyl (C=O) groups excluding carboxylic acids is 2. The van der Waals surface area contributed by atoms with Crippen LogP contribution in [0.3, 0.4) is 0 Å². The summed E-state index contributed by atoms with van der Waals surface area (Å²) in [5, 5.41) is 54.3. The molecule has 0 spiro atoms. The van der Waals surface area contributed by atoms with Crippen molar-refractivity contribution in [3.8, 4) is 0 Å². The average Bonchev–Trinajstić information content (AvgIpc) is 3.65. The maximum atomic E-state index is 13.9. The fourth-order valence-electron chi connectivity index (χ4n) is 9.03. The molecule has 1 aromatic heterocycles. The third kappa shape index (κ3) is 11.3. The Balaban J connectivity index is 1.53. The SMILES string of the molecule is CC[C@H]1OC(=O)[C@H](C)[C@@H](OC)[C@H](C)[C@@H](O[C@@H]2O[C@H](C)C[C@H](N(C)CCCc3cn(Cc4ccc([N+](=O)[O-])cc4)nn3)[C@H]2O)[C@](C)(OC)C[C@@H](C)C(=O)[C@H](C)[C@@H](O)[C@]1(C)O. The molecule has 2 fully saturated rings. The summed E-state index contributed by atoms with van der Waals surface area (Å²) in [6, 6.07) is 5.97. The number of cyclic esters (lactones) is 1.